The maximum Gasteiger partial charge on any atom is 0.222 e. The molecule has 0 spiro atoms. The zero-order valence-corrected chi connectivity index (χ0v) is 15.6. The predicted octanol–water partition coefficient (Wildman–Crippen LogP) is 2.30. The number of rotatable bonds is 7. The molecule has 0 radical (unpaired) electrons. The standard InChI is InChI=1S/C17H29N5OS/c1-3-18-17(20-12-15-14(2)21-13-24-15)19-9-7-11-22-10-6-4-5-8-16(22)23/h13H,3-12H2,1-2H3,(H2,18,19,20). The number of amides is 1. The summed E-state index contributed by atoms with van der Waals surface area (Å²) in [5.74, 6) is 1.14. The molecule has 0 saturated carbocycles. The molecule has 2 N–H and O–H groups in total. The number of guanidine groups is 1. The molecule has 0 unspecified atom stereocenters. The lowest BCUT2D eigenvalue weighted by Crippen LogP contribution is -2.39. The molecule has 2 rings (SSSR count). The van der Waals surface area contributed by atoms with Gasteiger partial charge in [-0.05, 0) is 33.1 Å². The molecule has 0 atom stereocenters. The Balaban J connectivity index is 1.74. The summed E-state index contributed by atoms with van der Waals surface area (Å²) in [6.45, 7) is 8.12. The van der Waals surface area contributed by atoms with Gasteiger partial charge in [0.25, 0.3) is 0 Å². The minimum absolute atomic E-state index is 0.314. The fourth-order valence-electron chi connectivity index (χ4n) is 2.72. The Bertz CT molecular complexity index is 543. The highest BCUT2D eigenvalue weighted by Gasteiger charge is 2.15. The highest BCUT2D eigenvalue weighted by molar-refractivity contribution is 7.09. The van der Waals surface area contributed by atoms with Gasteiger partial charge in [0.05, 0.1) is 17.7 Å². The highest BCUT2D eigenvalue weighted by atomic mass is 32.1. The Kier molecular flexibility index (Phi) is 8.01. The number of carbonyl (C=O) groups excluding carboxylic acids is 1. The number of hydrogen-bond acceptors (Lipinski definition) is 4. The maximum absolute atomic E-state index is 12.0. The van der Waals surface area contributed by atoms with Gasteiger partial charge in [0.1, 0.15) is 0 Å². The topological polar surface area (TPSA) is 69.6 Å². The molecule has 1 aromatic rings. The molecule has 0 aromatic carbocycles. The predicted molar refractivity (Wildman–Crippen MR) is 99.3 cm³/mol. The van der Waals surface area contributed by atoms with Gasteiger partial charge in [0.2, 0.25) is 5.91 Å². The Morgan fingerprint density at radius 1 is 1.38 bits per heavy atom. The third-order valence-electron chi connectivity index (χ3n) is 4.14. The van der Waals surface area contributed by atoms with Gasteiger partial charge in [-0.1, -0.05) is 6.42 Å². The minimum atomic E-state index is 0.314. The van der Waals surface area contributed by atoms with Crippen molar-refractivity contribution in [3.8, 4) is 0 Å². The number of nitrogens with zero attached hydrogens (tertiary/aromatic N) is 3. The van der Waals surface area contributed by atoms with E-state index in [4.69, 9.17) is 0 Å². The van der Waals surface area contributed by atoms with Crippen molar-refractivity contribution in [1.82, 2.24) is 20.5 Å². The summed E-state index contributed by atoms with van der Waals surface area (Å²) in [4.78, 5) is 24.1. The van der Waals surface area contributed by atoms with Gasteiger partial charge in [-0.2, -0.15) is 0 Å². The number of likely N-dealkylation sites (tertiary alicyclic amines) is 1. The number of hydrogen-bond donors (Lipinski definition) is 2. The molecular weight excluding hydrogens is 322 g/mol. The van der Waals surface area contributed by atoms with Crippen LogP contribution in [0.3, 0.4) is 0 Å². The van der Waals surface area contributed by atoms with Crippen LogP contribution in [0.15, 0.2) is 10.5 Å². The lowest BCUT2D eigenvalue weighted by Gasteiger charge is -2.20. The number of aliphatic imine (C=N–C) groups is 1. The molecule has 1 aliphatic rings. The van der Waals surface area contributed by atoms with Crippen LogP contribution in [0.4, 0.5) is 0 Å². The quantitative estimate of drug-likeness (QED) is 0.449. The van der Waals surface area contributed by atoms with Crippen LogP contribution in [0.5, 0.6) is 0 Å². The van der Waals surface area contributed by atoms with E-state index >= 15 is 0 Å². The zero-order valence-electron chi connectivity index (χ0n) is 14.8. The summed E-state index contributed by atoms with van der Waals surface area (Å²) in [7, 11) is 0. The van der Waals surface area contributed by atoms with Crippen molar-refractivity contribution in [3.05, 3.63) is 16.1 Å². The molecule has 2 heterocycles. The Labute approximate surface area is 148 Å². The summed E-state index contributed by atoms with van der Waals surface area (Å²) in [5.41, 5.74) is 2.91. The lowest BCUT2D eigenvalue weighted by molar-refractivity contribution is -0.130. The van der Waals surface area contributed by atoms with E-state index in [2.05, 4.69) is 27.5 Å². The molecule has 7 heteroatoms. The van der Waals surface area contributed by atoms with E-state index in [0.29, 0.717) is 18.9 Å². The van der Waals surface area contributed by atoms with Crippen molar-refractivity contribution < 1.29 is 4.79 Å². The van der Waals surface area contributed by atoms with Crippen molar-refractivity contribution in [3.63, 3.8) is 0 Å². The van der Waals surface area contributed by atoms with E-state index in [-0.39, 0.29) is 0 Å². The van der Waals surface area contributed by atoms with E-state index < -0.39 is 0 Å². The first-order valence-electron chi connectivity index (χ1n) is 8.89. The molecule has 0 aliphatic carbocycles. The molecule has 6 nitrogen and oxygen atoms in total. The monoisotopic (exact) mass is 351 g/mol. The third kappa shape index (κ3) is 6.11. The smallest absolute Gasteiger partial charge is 0.222 e. The second-order valence-corrected chi connectivity index (χ2v) is 6.97. The van der Waals surface area contributed by atoms with E-state index in [9.17, 15) is 4.79 Å². The molecular formula is C17H29N5OS. The van der Waals surface area contributed by atoms with Crippen LogP contribution in [0.2, 0.25) is 0 Å². The normalized spacial score (nSPS) is 16.2. The third-order valence-corrected chi connectivity index (χ3v) is 5.06. The van der Waals surface area contributed by atoms with Crippen LogP contribution < -0.4 is 10.6 Å². The van der Waals surface area contributed by atoms with Crippen molar-refractivity contribution in [1.29, 1.82) is 0 Å². The van der Waals surface area contributed by atoms with Crippen LogP contribution in [-0.4, -0.2) is 47.9 Å². The molecule has 134 valence electrons. The van der Waals surface area contributed by atoms with E-state index in [1.54, 1.807) is 11.3 Å². The number of carbonyl (C=O) groups is 1. The van der Waals surface area contributed by atoms with Gasteiger partial charge in [-0.15, -0.1) is 11.3 Å². The van der Waals surface area contributed by atoms with Gasteiger partial charge in [0, 0.05) is 37.5 Å². The van der Waals surface area contributed by atoms with Gasteiger partial charge < -0.3 is 15.5 Å². The number of aromatic nitrogens is 1. The van der Waals surface area contributed by atoms with Gasteiger partial charge >= 0.3 is 0 Å². The van der Waals surface area contributed by atoms with Crippen molar-refractivity contribution in [2.45, 2.75) is 52.5 Å². The molecule has 1 amide bonds. The summed E-state index contributed by atoms with van der Waals surface area (Å²) in [6, 6.07) is 0. The summed E-state index contributed by atoms with van der Waals surface area (Å²) in [6.07, 6.45) is 5.01. The first kappa shape index (κ1) is 18.7. The van der Waals surface area contributed by atoms with Crippen LogP contribution in [-0.2, 0) is 11.3 Å². The molecule has 24 heavy (non-hydrogen) atoms. The van der Waals surface area contributed by atoms with Crippen LogP contribution in [0.25, 0.3) is 0 Å². The number of nitrogens with one attached hydrogen (secondary N) is 2. The van der Waals surface area contributed by atoms with E-state index in [0.717, 1.165) is 57.1 Å². The van der Waals surface area contributed by atoms with Gasteiger partial charge in [-0.25, -0.2) is 9.98 Å². The fourth-order valence-corrected chi connectivity index (χ4v) is 3.42. The van der Waals surface area contributed by atoms with E-state index in [1.165, 1.54) is 11.3 Å². The number of thiazole rings is 1. The molecule has 0 bridgehead atoms. The average Bonchev–Trinajstić information content (AvgIpc) is 2.87. The van der Waals surface area contributed by atoms with Gasteiger partial charge in [0.15, 0.2) is 5.96 Å². The largest absolute Gasteiger partial charge is 0.357 e. The van der Waals surface area contributed by atoms with Crippen molar-refractivity contribution in [2.75, 3.05) is 26.2 Å². The summed E-state index contributed by atoms with van der Waals surface area (Å²) >= 11 is 1.64. The first-order valence-corrected chi connectivity index (χ1v) is 9.77. The summed E-state index contributed by atoms with van der Waals surface area (Å²) in [5, 5.41) is 6.62. The molecule has 1 aliphatic heterocycles. The fraction of sp³-hybridized carbons (Fsp3) is 0.706. The second kappa shape index (κ2) is 10.3. The highest BCUT2D eigenvalue weighted by Crippen LogP contribution is 2.13. The van der Waals surface area contributed by atoms with Crippen molar-refractivity contribution in [2.24, 2.45) is 4.99 Å². The molecule has 1 fully saturated rings. The van der Waals surface area contributed by atoms with Crippen LogP contribution in [0, 0.1) is 6.92 Å². The lowest BCUT2D eigenvalue weighted by atomic mass is 10.2. The summed E-state index contributed by atoms with van der Waals surface area (Å²) < 4.78 is 0. The number of aryl methyl sites for hydroxylation is 1. The average molecular weight is 352 g/mol. The zero-order chi connectivity index (χ0) is 17.2. The SMILES string of the molecule is CCNC(=NCc1scnc1C)NCCCN1CCCCCC1=O. The first-order chi connectivity index (χ1) is 11.7. The van der Waals surface area contributed by atoms with Gasteiger partial charge in [-0.3, -0.25) is 4.79 Å². The second-order valence-electron chi connectivity index (χ2n) is 6.03. The maximum atomic E-state index is 12.0. The van der Waals surface area contributed by atoms with Crippen LogP contribution in [0.1, 0.15) is 49.6 Å². The van der Waals surface area contributed by atoms with Crippen LogP contribution >= 0.6 is 11.3 Å². The Hall–Kier alpha value is -1.63. The Morgan fingerprint density at radius 3 is 3.00 bits per heavy atom. The minimum Gasteiger partial charge on any atom is -0.357 e. The molecule has 1 aromatic heterocycles. The van der Waals surface area contributed by atoms with Crippen molar-refractivity contribution >= 4 is 23.2 Å². The van der Waals surface area contributed by atoms with E-state index in [1.807, 2.05) is 17.3 Å². The molecule has 1 saturated heterocycles. The Morgan fingerprint density at radius 2 is 2.25 bits per heavy atom.